The van der Waals surface area contributed by atoms with Crippen molar-refractivity contribution in [3.05, 3.63) is 30.1 Å². The number of carbonyl (C=O) groups excluding carboxylic acids is 1. The molecule has 2 aromatic rings. The first-order valence-electron chi connectivity index (χ1n) is 7.14. The van der Waals surface area contributed by atoms with Gasteiger partial charge in [-0.25, -0.2) is 4.98 Å². The predicted molar refractivity (Wildman–Crippen MR) is 83.0 cm³/mol. The summed E-state index contributed by atoms with van der Waals surface area (Å²) in [5, 5.41) is 3.17. The first-order chi connectivity index (χ1) is 9.78. The van der Waals surface area contributed by atoms with Crippen molar-refractivity contribution in [3.8, 4) is 0 Å². The van der Waals surface area contributed by atoms with Crippen LogP contribution >= 0.6 is 0 Å². The van der Waals surface area contributed by atoms with E-state index in [9.17, 15) is 4.79 Å². The Balaban J connectivity index is 2.04. The molecule has 5 nitrogen and oxygen atoms in total. The highest BCUT2D eigenvalue weighted by Crippen LogP contribution is 2.19. The molecule has 0 saturated carbocycles. The van der Waals surface area contributed by atoms with Crippen molar-refractivity contribution >= 4 is 17.0 Å². The summed E-state index contributed by atoms with van der Waals surface area (Å²) in [5.74, 6) is 0.646. The second kappa shape index (κ2) is 5.85. The maximum Gasteiger partial charge on any atom is 0.320 e. The standard InChI is InChI=1S/C16H23N3O2/c1-11(17-10-14(20)21-16(2,3)4)15-18-12-8-6-7-9-13(12)19(15)5/h6-9,11,17H,10H2,1-5H3. The molecule has 0 aliphatic rings. The van der Waals surface area contributed by atoms with E-state index in [-0.39, 0.29) is 18.6 Å². The maximum atomic E-state index is 11.7. The monoisotopic (exact) mass is 289 g/mol. The van der Waals surface area contributed by atoms with Crippen molar-refractivity contribution in [2.75, 3.05) is 6.54 Å². The van der Waals surface area contributed by atoms with Crippen molar-refractivity contribution in [2.45, 2.75) is 39.3 Å². The van der Waals surface area contributed by atoms with Gasteiger partial charge in [-0.15, -0.1) is 0 Å². The third-order valence-corrected chi connectivity index (χ3v) is 3.18. The van der Waals surface area contributed by atoms with Crippen LogP contribution in [0.3, 0.4) is 0 Å². The minimum atomic E-state index is -0.458. The van der Waals surface area contributed by atoms with Crippen molar-refractivity contribution in [1.29, 1.82) is 0 Å². The molecule has 1 aromatic carbocycles. The Kier molecular flexibility index (Phi) is 4.32. The molecule has 0 bridgehead atoms. The molecule has 114 valence electrons. The number of nitrogens with one attached hydrogen (secondary N) is 1. The fourth-order valence-electron chi connectivity index (χ4n) is 2.26. The maximum absolute atomic E-state index is 11.7. The SMILES string of the molecule is CC(NCC(=O)OC(C)(C)C)c1nc2ccccc2n1C. The Bertz CT molecular complexity index is 640. The quantitative estimate of drug-likeness (QED) is 0.879. The van der Waals surface area contributed by atoms with Crippen LogP contribution in [-0.2, 0) is 16.6 Å². The third-order valence-electron chi connectivity index (χ3n) is 3.18. The molecule has 1 aromatic heterocycles. The van der Waals surface area contributed by atoms with E-state index in [0.717, 1.165) is 16.9 Å². The topological polar surface area (TPSA) is 56.1 Å². The number of hydrogen-bond donors (Lipinski definition) is 1. The summed E-state index contributed by atoms with van der Waals surface area (Å²) in [6.45, 7) is 7.74. The minimum absolute atomic E-state index is 0.0325. The predicted octanol–water partition coefficient (Wildman–Crippen LogP) is 2.57. The van der Waals surface area contributed by atoms with Gasteiger partial charge in [0.1, 0.15) is 11.4 Å². The normalized spacial score (nSPS) is 13.4. The molecular weight excluding hydrogens is 266 g/mol. The lowest BCUT2D eigenvalue weighted by atomic mass is 10.2. The lowest BCUT2D eigenvalue weighted by molar-refractivity contribution is -0.153. The van der Waals surface area contributed by atoms with Crippen LogP contribution in [0.25, 0.3) is 11.0 Å². The summed E-state index contributed by atoms with van der Waals surface area (Å²) in [7, 11) is 1.98. The molecule has 0 saturated heterocycles. The minimum Gasteiger partial charge on any atom is -0.459 e. The largest absolute Gasteiger partial charge is 0.459 e. The highest BCUT2D eigenvalue weighted by molar-refractivity contribution is 5.76. The van der Waals surface area contributed by atoms with Crippen LogP contribution in [-0.4, -0.2) is 27.7 Å². The number of ether oxygens (including phenoxy) is 1. The second-order valence-corrected chi connectivity index (χ2v) is 6.21. The van der Waals surface area contributed by atoms with E-state index in [1.807, 2.05) is 63.6 Å². The second-order valence-electron chi connectivity index (χ2n) is 6.21. The van der Waals surface area contributed by atoms with Gasteiger partial charge in [-0.1, -0.05) is 12.1 Å². The third kappa shape index (κ3) is 3.82. The van der Waals surface area contributed by atoms with E-state index in [0.29, 0.717) is 0 Å². The van der Waals surface area contributed by atoms with E-state index in [1.165, 1.54) is 0 Å². The van der Waals surface area contributed by atoms with Gasteiger partial charge < -0.3 is 9.30 Å². The number of rotatable bonds is 4. The van der Waals surface area contributed by atoms with E-state index in [1.54, 1.807) is 0 Å². The number of para-hydroxylation sites is 2. The van der Waals surface area contributed by atoms with Crippen molar-refractivity contribution in [2.24, 2.45) is 7.05 Å². The molecule has 1 N–H and O–H groups in total. The zero-order valence-corrected chi connectivity index (χ0v) is 13.3. The van der Waals surface area contributed by atoms with Gasteiger partial charge in [0.15, 0.2) is 0 Å². The van der Waals surface area contributed by atoms with Gasteiger partial charge in [0.2, 0.25) is 0 Å². The zero-order chi connectivity index (χ0) is 15.6. The van der Waals surface area contributed by atoms with Crippen LogP contribution in [0.1, 0.15) is 39.6 Å². The molecule has 5 heteroatoms. The van der Waals surface area contributed by atoms with Gasteiger partial charge in [0.25, 0.3) is 0 Å². The number of benzene rings is 1. The molecule has 0 fully saturated rings. The van der Waals surface area contributed by atoms with Crippen molar-refractivity contribution < 1.29 is 9.53 Å². The molecule has 1 heterocycles. The zero-order valence-electron chi connectivity index (χ0n) is 13.3. The van der Waals surface area contributed by atoms with E-state index >= 15 is 0 Å². The van der Waals surface area contributed by atoms with E-state index < -0.39 is 5.60 Å². The van der Waals surface area contributed by atoms with E-state index in [4.69, 9.17) is 4.74 Å². The van der Waals surface area contributed by atoms with Crippen LogP contribution in [0.15, 0.2) is 24.3 Å². The average Bonchev–Trinajstić information content (AvgIpc) is 2.72. The van der Waals surface area contributed by atoms with Gasteiger partial charge in [-0.05, 0) is 39.8 Å². The fraction of sp³-hybridized carbons (Fsp3) is 0.500. The molecule has 1 atom stereocenters. The molecular formula is C16H23N3O2. The lowest BCUT2D eigenvalue weighted by Crippen LogP contribution is -2.33. The van der Waals surface area contributed by atoms with Gasteiger partial charge in [-0.2, -0.15) is 0 Å². The van der Waals surface area contributed by atoms with E-state index in [2.05, 4.69) is 10.3 Å². The average molecular weight is 289 g/mol. The summed E-state index contributed by atoms with van der Waals surface area (Å²) in [6.07, 6.45) is 0. The van der Waals surface area contributed by atoms with Crippen molar-refractivity contribution in [1.82, 2.24) is 14.9 Å². The van der Waals surface area contributed by atoms with Crippen LogP contribution in [0.5, 0.6) is 0 Å². The first kappa shape index (κ1) is 15.5. The number of fused-ring (bicyclic) bond motifs is 1. The Morgan fingerprint density at radius 1 is 1.38 bits per heavy atom. The number of aryl methyl sites for hydroxylation is 1. The number of esters is 1. The fourth-order valence-corrected chi connectivity index (χ4v) is 2.26. The van der Waals surface area contributed by atoms with Crippen LogP contribution in [0.2, 0.25) is 0 Å². The molecule has 0 radical (unpaired) electrons. The van der Waals surface area contributed by atoms with Gasteiger partial charge in [0.05, 0.1) is 23.6 Å². The number of aromatic nitrogens is 2. The smallest absolute Gasteiger partial charge is 0.320 e. The summed E-state index contributed by atoms with van der Waals surface area (Å²) in [5.41, 5.74) is 1.58. The molecule has 1 unspecified atom stereocenters. The van der Waals surface area contributed by atoms with Gasteiger partial charge in [0, 0.05) is 7.05 Å². The Morgan fingerprint density at radius 3 is 2.67 bits per heavy atom. The number of nitrogens with zero attached hydrogens (tertiary/aromatic N) is 2. The van der Waals surface area contributed by atoms with Crippen LogP contribution < -0.4 is 5.32 Å². The molecule has 0 aliphatic heterocycles. The van der Waals surface area contributed by atoms with Crippen LogP contribution in [0, 0.1) is 0 Å². The first-order valence-corrected chi connectivity index (χ1v) is 7.14. The molecule has 0 amide bonds. The van der Waals surface area contributed by atoms with Crippen molar-refractivity contribution in [3.63, 3.8) is 0 Å². The summed E-state index contributed by atoms with van der Waals surface area (Å²) >= 11 is 0. The van der Waals surface area contributed by atoms with Crippen LogP contribution in [0.4, 0.5) is 0 Å². The van der Waals surface area contributed by atoms with Gasteiger partial charge >= 0.3 is 5.97 Å². The Morgan fingerprint density at radius 2 is 2.05 bits per heavy atom. The summed E-state index contributed by atoms with van der Waals surface area (Å²) in [6, 6.07) is 7.95. The van der Waals surface area contributed by atoms with Gasteiger partial charge in [-0.3, -0.25) is 10.1 Å². The molecule has 0 aliphatic carbocycles. The highest BCUT2D eigenvalue weighted by Gasteiger charge is 2.18. The Labute approximate surface area is 125 Å². The lowest BCUT2D eigenvalue weighted by Gasteiger charge is -2.20. The number of carbonyl (C=O) groups is 1. The molecule has 0 spiro atoms. The number of hydrogen-bond acceptors (Lipinski definition) is 4. The highest BCUT2D eigenvalue weighted by atomic mass is 16.6. The summed E-state index contributed by atoms with van der Waals surface area (Å²) < 4.78 is 7.33. The molecule has 21 heavy (non-hydrogen) atoms. The Hall–Kier alpha value is -1.88. The molecule has 2 rings (SSSR count). The number of imidazole rings is 1. The summed E-state index contributed by atoms with van der Waals surface area (Å²) in [4.78, 5) is 16.4.